The zero-order valence-corrected chi connectivity index (χ0v) is 18.9. The highest BCUT2D eigenvalue weighted by molar-refractivity contribution is 6.42. The van der Waals surface area contributed by atoms with Gasteiger partial charge in [0.05, 0.1) is 35.3 Å². The van der Waals surface area contributed by atoms with Gasteiger partial charge in [0.1, 0.15) is 17.6 Å². The molecule has 0 aliphatic carbocycles. The molecule has 3 aromatic carbocycles. The van der Waals surface area contributed by atoms with Gasteiger partial charge in [0.2, 0.25) is 0 Å². The summed E-state index contributed by atoms with van der Waals surface area (Å²) in [4.78, 5) is 13.4. The lowest BCUT2D eigenvalue weighted by Gasteiger charge is -2.36. The highest BCUT2D eigenvalue weighted by atomic mass is 35.5. The van der Waals surface area contributed by atoms with Gasteiger partial charge in [0.25, 0.3) is 0 Å². The average Bonchev–Trinajstić information content (AvgIpc) is 2.77. The molecule has 5 nitrogen and oxygen atoms in total. The standard InChI is InChI=1S/C25H23Cl2NO4/c26-20-10-9-17(13-21(20)27)15-28-16-19(32-24-8-4-2-6-22(24)28)11-12-31-23-7-3-1-5-18(23)14-25(29)30/h1-10,13,19H,11-12,14-16H2,(H,29,30). The molecule has 0 amide bonds. The maximum atomic E-state index is 11.1. The zero-order chi connectivity index (χ0) is 22.5. The number of aliphatic carboxylic acids is 1. The summed E-state index contributed by atoms with van der Waals surface area (Å²) < 4.78 is 12.1. The van der Waals surface area contributed by atoms with Gasteiger partial charge in [-0.15, -0.1) is 0 Å². The predicted octanol–water partition coefficient (Wildman–Crippen LogP) is 5.86. The van der Waals surface area contributed by atoms with Crippen LogP contribution in [0.5, 0.6) is 11.5 Å². The van der Waals surface area contributed by atoms with Crippen LogP contribution in [0.25, 0.3) is 0 Å². The van der Waals surface area contributed by atoms with Crippen LogP contribution < -0.4 is 14.4 Å². The summed E-state index contributed by atoms with van der Waals surface area (Å²) >= 11 is 12.3. The number of ether oxygens (including phenoxy) is 2. The first-order valence-corrected chi connectivity index (χ1v) is 11.1. The lowest BCUT2D eigenvalue weighted by molar-refractivity contribution is -0.136. The number of para-hydroxylation sites is 3. The first-order valence-electron chi connectivity index (χ1n) is 10.4. The Morgan fingerprint density at radius 2 is 1.84 bits per heavy atom. The van der Waals surface area contributed by atoms with Crippen molar-refractivity contribution in [3.05, 3.63) is 87.9 Å². The van der Waals surface area contributed by atoms with E-state index in [2.05, 4.69) is 4.90 Å². The molecule has 7 heteroatoms. The molecular weight excluding hydrogens is 449 g/mol. The molecular formula is C25H23Cl2NO4. The number of carbonyl (C=O) groups is 1. The van der Waals surface area contributed by atoms with E-state index >= 15 is 0 Å². The Morgan fingerprint density at radius 1 is 1.06 bits per heavy atom. The fraction of sp³-hybridized carbons (Fsp3) is 0.240. The van der Waals surface area contributed by atoms with Crippen molar-refractivity contribution in [2.24, 2.45) is 0 Å². The molecule has 0 saturated heterocycles. The third-order valence-corrected chi connectivity index (χ3v) is 6.03. The second-order valence-electron chi connectivity index (χ2n) is 7.65. The largest absolute Gasteiger partial charge is 0.493 e. The SMILES string of the molecule is O=C(O)Cc1ccccc1OCCC1CN(Cc2ccc(Cl)c(Cl)c2)c2ccccc2O1. The molecule has 0 radical (unpaired) electrons. The number of anilines is 1. The number of nitrogens with zero attached hydrogens (tertiary/aromatic N) is 1. The number of carboxylic acid groups (broad SMARTS) is 1. The van der Waals surface area contributed by atoms with Gasteiger partial charge in [-0.1, -0.05) is 59.6 Å². The maximum Gasteiger partial charge on any atom is 0.307 e. The number of carboxylic acids is 1. The number of hydrogen-bond acceptors (Lipinski definition) is 4. The molecule has 1 N–H and O–H groups in total. The van der Waals surface area contributed by atoms with E-state index in [1.54, 1.807) is 12.1 Å². The fourth-order valence-corrected chi connectivity index (χ4v) is 4.11. The van der Waals surface area contributed by atoms with Crippen molar-refractivity contribution in [1.82, 2.24) is 0 Å². The van der Waals surface area contributed by atoms with Crippen LogP contribution in [-0.2, 0) is 17.8 Å². The number of benzene rings is 3. The first kappa shape index (κ1) is 22.3. The molecule has 1 atom stereocenters. The van der Waals surface area contributed by atoms with Gasteiger partial charge in [0, 0.05) is 18.5 Å². The van der Waals surface area contributed by atoms with E-state index < -0.39 is 5.97 Å². The van der Waals surface area contributed by atoms with Crippen LogP contribution in [0.15, 0.2) is 66.7 Å². The average molecular weight is 472 g/mol. The Balaban J connectivity index is 1.43. The minimum absolute atomic E-state index is 0.0685. The number of hydrogen-bond donors (Lipinski definition) is 1. The Labute approximate surface area is 197 Å². The lowest BCUT2D eigenvalue weighted by Crippen LogP contribution is -2.40. The van der Waals surface area contributed by atoms with Gasteiger partial charge in [-0.05, 0) is 35.9 Å². The van der Waals surface area contributed by atoms with Gasteiger partial charge in [-0.25, -0.2) is 0 Å². The van der Waals surface area contributed by atoms with Crippen LogP contribution in [0.1, 0.15) is 17.5 Å². The molecule has 32 heavy (non-hydrogen) atoms. The number of fused-ring (bicyclic) bond motifs is 1. The minimum atomic E-state index is -0.883. The number of halogens is 2. The summed E-state index contributed by atoms with van der Waals surface area (Å²) in [5.74, 6) is 0.542. The van der Waals surface area contributed by atoms with Crippen molar-refractivity contribution in [2.45, 2.75) is 25.5 Å². The quantitative estimate of drug-likeness (QED) is 0.445. The molecule has 1 aliphatic rings. The lowest BCUT2D eigenvalue weighted by atomic mass is 10.1. The van der Waals surface area contributed by atoms with Crippen molar-refractivity contribution in [2.75, 3.05) is 18.1 Å². The number of rotatable bonds is 8. The summed E-state index contributed by atoms with van der Waals surface area (Å²) in [5, 5.41) is 10.2. The Bertz CT molecular complexity index is 1100. The predicted molar refractivity (Wildman–Crippen MR) is 126 cm³/mol. The highest BCUT2D eigenvalue weighted by Crippen LogP contribution is 2.35. The smallest absolute Gasteiger partial charge is 0.307 e. The van der Waals surface area contributed by atoms with Gasteiger partial charge in [0.15, 0.2) is 0 Å². The third-order valence-electron chi connectivity index (χ3n) is 5.29. The molecule has 166 valence electrons. The van der Waals surface area contributed by atoms with Gasteiger partial charge >= 0.3 is 5.97 Å². The minimum Gasteiger partial charge on any atom is -0.493 e. The van der Waals surface area contributed by atoms with E-state index in [1.165, 1.54) is 0 Å². The second-order valence-corrected chi connectivity index (χ2v) is 8.47. The third kappa shape index (κ3) is 5.47. The van der Waals surface area contributed by atoms with Crippen molar-refractivity contribution in [3.63, 3.8) is 0 Å². The molecule has 4 rings (SSSR count). The Morgan fingerprint density at radius 3 is 2.66 bits per heavy atom. The summed E-state index contributed by atoms with van der Waals surface area (Å²) in [5.41, 5.74) is 2.76. The van der Waals surface area contributed by atoms with Crippen molar-refractivity contribution < 1.29 is 19.4 Å². The van der Waals surface area contributed by atoms with Crippen LogP contribution in [0, 0.1) is 0 Å². The van der Waals surface area contributed by atoms with Gasteiger partial charge < -0.3 is 19.5 Å². The summed E-state index contributed by atoms with van der Waals surface area (Å²) in [6, 6.07) is 20.9. The van der Waals surface area contributed by atoms with E-state index in [9.17, 15) is 4.79 Å². The molecule has 0 saturated carbocycles. The zero-order valence-electron chi connectivity index (χ0n) is 17.3. The second kappa shape index (κ2) is 10.2. The molecule has 0 spiro atoms. The van der Waals surface area contributed by atoms with E-state index in [-0.39, 0.29) is 12.5 Å². The molecule has 3 aromatic rings. The van der Waals surface area contributed by atoms with Crippen LogP contribution in [0.4, 0.5) is 5.69 Å². The molecule has 0 fully saturated rings. The highest BCUT2D eigenvalue weighted by Gasteiger charge is 2.26. The maximum absolute atomic E-state index is 11.1. The topological polar surface area (TPSA) is 59.0 Å². The van der Waals surface area contributed by atoms with Crippen molar-refractivity contribution >= 4 is 34.9 Å². The molecule has 0 bridgehead atoms. The Kier molecular flexibility index (Phi) is 7.08. The van der Waals surface area contributed by atoms with Crippen LogP contribution in [0.3, 0.4) is 0 Å². The van der Waals surface area contributed by atoms with E-state index in [4.69, 9.17) is 37.8 Å². The first-order chi connectivity index (χ1) is 15.5. The summed E-state index contributed by atoms with van der Waals surface area (Å²) in [6.07, 6.45) is 0.522. The van der Waals surface area contributed by atoms with Crippen LogP contribution in [-0.4, -0.2) is 30.3 Å². The van der Waals surface area contributed by atoms with E-state index in [0.29, 0.717) is 47.5 Å². The molecule has 0 aromatic heterocycles. The Hall–Kier alpha value is -2.89. The van der Waals surface area contributed by atoms with Gasteiger partial charge in [-0.2, -0.15) is 0 Å². The normalized spacial score (nSPS) is 15.1. The molecule has 1 aliphatic heterocycles. The van der Waals surface area contributed by atoms with Crippen molar-refractivity contribution in [3.8, 4) is 11.5 Å². The van der Waals surface area contributed by atoms with Crippen molar-refractivity contribution in [1.29, 1.82) is 0 Å². The van der Waals surface area contributed by atoms with Crippen LogP contribution in [0.2, 0.25) is 10.0 Å². The fourth-order valence-electron chi connectivity index (χ4n) is 3.79. The van der Waals surface area contributed by atoms with Crippen LogP contribution >= 0.6 is 23.2 Å². The summed E-state index contributed by atoms with van der Waals surface area (Å²) in [6.45, 7) is 1.79. The molecule has 1 heterocycles. The van der Waals surface area contributed by atoms with E-state index in [1.807, 2.05) is 54.6 Å². The molecule has 1 unspecified atom stereocenters. The summed E-state index contributed by atoms with van der Waals surface area (Å²) in [7, 11) is 0. The van der Waals surface area contributed by atoms with E-state index in [0.717, 1.165) is 17.0 Å². The van der Waals surface area contributed by atoms with Gasteiger partial charge in [-0.3, -0.25) is 4.79 Å². The monoisotopic (exact) mass is 471 g/mol.